The smallest absolute Gasteiger partial charge is 0.223 e. The van der Waals surface area contributed by atoms with Crippen LogP contribution in [0.15, 0.2) is 18.2 Å². The van der Waals surface area contributed by atoms with E-state index in [1.165, 1.54) is 25.3 Å². The van der Waals surface area contributed by atoms with Crippen molar-refractivity contribution in [3.8, 4) is 0 Å². The number of nitrogens with zero attached hydrogens (tertiary/aromatic N) is 1. The average molecular weight is 383 g/mol. The van der Waals surface area contributed by atoms with E-state index in [4.69, 9.17) is 11.6 Å². The van der Waals surface area contributed by atoms with Gasteiger partial charge < -0.3 is 5.32 Å². The van der Waals surface area contributed by atoms with Crippen LogP contribution in [0.2, 0.25) is 5.02 Å². The SMILES string of the molecule is CCCC[C@H](CC)CNC(=O)C1CCN(Cc2c(F)cccc2Cl)CC1. The number of unbranched alkanes of at least 4 members (excludes halogenated alkanes) is 1. The number of nitrogens with one attached hydrogen (secondary N) is 1. The Hall–Kier alpha value is -1.13. The number of likely N-dealkylation sites (tertiary alicyclic amines) is 1. The molecule has 3 nitrogen and oxygen atoms in total. The van der Waals surface area contributed by atoms with Gasteiger partial charge in [-0.25, -0.2) is 4.39 Å². The number of carbonyl (C=O) groups is 1. The molecular formula is C21H32ClFN2O. The molecule has 0 radical (unpaired) electrons. The second-order valence-corrected chi connectivity index (χ2v) is 7.82. The Bertz CT molecular complexity index is 553. The van der Waals surface area contributed by atoms with Gasteiger partial charge >= 0.3 is 0 Å². The first-order valence-electron chi connectivity index (χ1n) is 9.98. The Morgan fingerprint density at radius 2 is 2.08 bits per heavy atom. The lowest BCUT2D eigenvalue weighted by Crippen LogP contribution is -2.41. The van der Waals surface area contributed by atoms with Crippen molar-refractivity contribution in [2.75, 3.05) is 19.6 Å². The molecule has 0 unspecified atom stereocenters. The standard InChI is InChI=1S/C21H32ClFN2O/c1-3-5-7-16(4-2)14-24-21(26)17-10-12-25(13-11-17)15-18-19(22)8-6-9-20(18)23/h6,8-9,16-17H,3-5,7,10-15H2,1-2H3,(H,24,26)/t16-/m0/s1. The van der Waals surface area contributed by atoms with E-state index in [0.29, 0.717) is 23.0 Å². The predicted octanol–water partition coefficient (Wildman–Crippen LogP) is 5.02. The molecule has 2 rings (SSSR count). The minimum Gasteiger partial charge on any atom is -0.356 e. The summed E-state index contributed by atoms with van der Waals surface area (Å²) in [5, 5.41) is 3.63. The molecule has 1 heterocycles. The highest BCUT2D eigenvalue weighted by Crippen LogP contribution is 2.24. The zero-order valence-corrected chi connectivity index (χ0v) is 16.8. The van der Waals surface area contributed by atoms with Crippen LogP contribution in [0.3, 0.4) is 0 Å². The van der Waals surface area contributed by atoms with Gasteiger partial charge in [-0.15, -0.1) is 0 Å². The Balaban J connectivity index is 1.76. The van der Waals surface area contributed by atoms with Crippen LogP contribution in [0.25, 0.3) is 0 Å². The first kappa shape index (κ1) is 21.2. The lowest BCUT2D eigenvalue weighted by Gasteiger charge is -2.31. The van der Waals surface area contributed by atoms with E-state index in [9.17, 15) is 9.18 Å². The highest BCUT2D eigenvalue weighted by Gasteiger charge is 2.26. The third-order valence-electron chi connectivity index (χ3n) is 5.51. The quantitative estimate of drug-likeness (QED) is 0.650. The summed E-state index contributed by atoms with van der Waals surface area (Å²) in [6.07, 6.45) is 6.38. The van der Waals surface area contributed by atoms with E-state index in [-0.39, 0.29) is 17.6 Å². The van der Waals surface area contributed by atoms with E-state index < -0.39 is 0 Å². The molecule has 1 atom stereocenters. The first-order chi connectivity index (χ1) is 12.5. The minimum atomic E-state index is -0.255. The Kier molecular flexibility index (Phi) is 8.86. The van der Waals surface area contributed by atoms with Gasteiger partial charge in [0.05, 0.1) is 0 Å². The summed E-state index contributed by atoms with van der Waals surface area (Å²) in [6.45, 7) is 7.30. The van der Waals surface area contributed by atoms with E-state index in [1.807, 2.05) is 0 Å². The number of piperidine rings is 1. The van der Waals surface area contributed by atoms with Gasteiger partial charge in [0.25, 0.3) is 0 Å². The van der Waals surface area contributed by atoms with Crippen LogP contribution in [0.1, 0.15) is 57.9 Å². The average Bonchev–Trinajstić information content (AvgIpc) is 2.65. The summed E-state index contributed by atoms with van der Waals surface area (Å²) < 4.78 is 13.9. The summed E-state index contributed by atoms with van der Waals surface area (Å²) in [5.41, 5.74) is 0.554. The fourth-order valence-electron chi connectivity index (χ4n) is 3.59. The lowest BCUT2D eigenvalue weighted by molar-refractivity contribution is -0.126. The van der Waals surface area contributed by atoms with E-state index in [0.717, 1.165) is 38.9 Å². The molecule has 146 valence electrons. The number of benzene rings is 1. The number of hydrogen-bond donors (Lipinski definition) is 1. The number of rotatable bonds is 9. The van der Waals surface area contributed by atoms with Gasteiger partial charge in [-0.1, -0.05) is 50.8 Å². The normalized spacial score (nSPS) is 17.2. The summed E-state index contributed by atoms with van der Waals surface area (Å²) >= 11 is 6.12. The van der Waals surface area contributed by atoms with Gasteiger partial charge in [0.1, 0.15) is 5.82 Å². The van der Waals surface area contributed by atoms with Crippen molar-refractivity contribution < 1.29 is 9.18 Å². The summed E-state index contributed by atoms with van der Waals surface area (Å²) in [6, 6.07) is 4.80. The molecule has 1 saturated heterocycles. The Morgan fingerprint density at radius 3 is 2.69 bits per heavy atom. The monoisotopic (exact) mass is 382 g/mol. The summed E-state index contributed by atoms with van der Waals surface area (Å²) in [7, 11) is 0. The van der Waals surface area contributed by atoms with E-state index in [2.05, 4.69) is 24.1 Å². The highest BCUT2D eigenvalue weighted by molar-refractivity contribution is 6.31. The van der Waals surface area contributed by atoms with Crippen molar-refractivity contribution in [2.45, 2.75) is 58.9 Å². The molecule has 0 aromatic heterocycles. The molecule has 1 aliphatic heterocycles. The van der Waals surface area contributed by atoms with Gasteiger partial charge in [-0.3, -0.25) is 9.69 Å². The number of hydrogen-bond acceptors (Lipinski definition) is 2. The molecule has 0 bridgehead atoms. The van der Waals surface area contributed by atoms with Crippen LogP contribution in [-0.2, 0) is 11.3 Å². The molecule has 26 heavy (non-hydrogen) atoms. The fraction of sp³-hybridized carbons (Fsp3) is 0.667. The van der Waals surface area contributed by atoms with Crippen LogP contribution in [0.5, 0.6) is 0 Å². The van der Waals surface area contributed by atoms with Crippen molar-refractivity contribution in [1.29, 1.82) is 0 Å². The molecule has 1 aliphatic rings. The van der Waals surface area contributed by atoms with Gasteiger partial charge in [0.15, 0.2) is 0 Å². The van der Waals surface area contributed by atoms with Gasteiger partial charge in [-0.05, 0) is 50.4 Å². The molecule has 1 amide bonds. The zero-order valence-electron chi connectivity index (χ0n) is 16.1. The van der Waals surface area contributed by atoms with Crippen LogP contribution in [0, 0.1) is 17.7 Å². The van der Waals surface area contributed by atoms with Crippen molar-refractivity contribution in [2.24, 2.45) is 11.8 Å². The lowest BCUT2D eigenvalue weighted by atomic mass is 9.94. The largest absolute Gasteiger partial charge is 0.356 e. The number of carbonyl (C=O) groups excluding carboxylic acids is 1. The molecule has 5 heteroatoms. The van der Waals surface area contributed by atoms with Crippen molar-refractivity contribution in [3.63, 3.8) is 0 Å². The maximum absolute atomic E-state index is 13.9. The van der Waals surface area contributed by atoms with Crippen molar-refractivity contribution >= 4 is 17.5 Å². The third kappa shape index (κ3) is 6.24. The molecule has 0 aliphatic carbocycles. The molecule has 0 spiro atoms. The highest BCUT2D eigenvalue weighted by atomic mass is 35.5. The zero-order chi connectivity index (χ0) is 18.9. The molecular weight excluding hydrogens is 351 g/mol. The van der Waals surface area contributed by atoms with Crippen LogP contribution in [0.4, 0.5) is 4.39 Å². The van der Waals surface area contributed by atoms with Crippen LogP contribution >= 0.6 is 11.6 Å². The third-order valence-corrected chi connectivity index (χ3v) is 5.86. The van der Waals surface area contributed by atoms with Gasteiger partial charge in [0, 0.05) is 29.6 Å². The molecule has 1 aromatic carbocycles. The predicted molar refractivity (Wildman–Crippen MR) is 106 cm³/mol. The van der Waals surface area contributed by atoms with Gasteiger partial charge in [-0.2, -0.15) is 0 Å². The van der Waals surface area contributed by atoms with Crippen molar-refractivity contribution in [1.82, 2.24) is 10.2 Å². The maximum Gasteiger partial charge on any atom is 0.223 e. The fourth-order valence-corrected chi connectivity index (χ4v) is 3.82. The Morgan fingerprint density at radius 1 is 1.35 bits per heavy atom. The molecule has 1 fully saturated rings. The summed E-state index contributed by atoms with van der Waals surface area (Å²) in [5.74, 6) is 0.590. The minimum absolute atomic E-state index is 0.0750. The molecule has 0 saturated carbocycles. The van der Waals surface area contributed by atoms with Crippen LogP contribution in [-0.4, -0.2) is 30.4 Å². The second-order valence-electron chi connectivity index (χ2n) is 7.41. The Labute approximate surface area is 162 Å². The van der Waals surface area contributed by atoms with E-state index >= 15 is 0 Å². The topological polar surface area (TPSA) is 32.3 Å². The van der Waals surface area contributed by atoms with E-state index in [1.54, 1.807) is 12.1 Å². The number of halogens is 2. The first-order valence-corrected chi connectivity index (χ1v) is 10.4. The second kappa shape index (κ2) is 10.9. The summed E-state index contributed by atoms with van der Waals surface area (Å²) in [4.78, 5) is 14.6. The maximum atomic E-state index is 13.9. The van der Waals surface area contributed by atoms with Gasteiger partial charge in [0.2, 0.25) is 5.91 Å². The number of amides is 1. The van der Waals surface area contributed by atoms with Crippen molar-refractivity contribution in [3.05, 3.63) is 34.6 Å². The molecule has 1 N–H and O–H groups in total. The molecule has 1 aromatic rings. The van der Waals surface area contributed by atoms with Crippen LogP contribution < -0.4 is 5.32 Å².